The van der Waals surface area contributed by atoms with Crippen LogP contribution in [0.15, 0.2) is 46.9 Å². The lowest BCUT2D eigenvalue weighted by Crippen LogP contribution is -2.34. The molecule has 1 amide bonds. The third-order valence-corrected chi connectivity index (χ3v) is 3.94. The van der Waals surface area contributed by atoms with Gasteiger partial charge in [0.2, 0.25) is 0 Å². The van der Waals surface area contributed by atoms with E-state index in [9.17, 15) is 4.79 Å². The number of carbonyl (C=O) groups is 1. The Bertz CT molecular complexity index is 734. The van der Waals surface area contributed by atoms with Crippen molar-refractivity contribution in [2.75, 3.05) is 11.9 Å². The lowest BCUT2D eigenvalue weighted by molar-refractivity contribution is 0.0977. The minimum atomic E-state index is -0.278. The fourth-order valence-corrected chi connectivity index (χ4v) is 2.65. The van der Waals surface area contributed by atoms with Gasteiger partial charge in [-0.25, -0.2) is 0 Å². The molecule has 0 aliphatic rings. The monoisotopic (exact) mass is 392 g/mol. The number of ether oxygens (including phenoxy) is 1. The summed E-state index contributed by atoms with van der Waals surface area (Å²) in [6.07, 6.45) is 0. The number of rotatable bonds is 4. The number of amides is 1. The predicted octanol–water partition coefficient (Wildman–Crippen LogP) is 4.28. The Balaban J connectivity index is 2.02. The molecular formula is C17H17BrN2O2S. The van der Waals surface area contributed by atoms with E-state index >= 15 is 0 Å². The molecule has 0 radical (unpaired) electrons. The van der Waals surface area contributed by atoms with Gasteiger partial charge in [-0.15, -0.1) is 0 Å². The number of hydrogen-bond acceptors (Lipinski definition) is 3. The van der Waals surface area contributed by atoms with Crippen LogP contribution in [0, 0.1) is 6.92 Å². The van der Waals surface area contributed by atoms with Crippen LogP contribution in [-0.4, -0.2) is 17.6 Å². The number of thiocarbonyl (C=S) groups is 1. The molecule has 2 N–H and O–H groups in total. The van der Waals surface area contributed by atoms with Crippen LogP contribution in [0.2, 0.25) is 0 Å². The summed E-state index contributed by atoms with van der Waals surface area (Å²) in [5.41, 5.74) is 2.41. The lowest BCUT2D eigenvalue weighted by atomic mass is 10.2. The van der Waals surface area contributed by atoms with Crippen LogP contribution < -0.4 is 15.4 Å². The van der Waals surface area contributed by atoms with Crippen LogP contribution in [0.1, 0.15) is 22.8 Å². The number of nitrogens with one attached hydrogen (secondary N) is 2. The summed E-state index contributed by atoms with van der Waals surface area (Å²) >= 11 is 8.59. The highest BCUT2D eigenvalue weighted by atomic mass is 79.9. The molecule has 0 heterocycles. The van der Waals surface area contributed by atoms with Gasteiger partial charge >= 0.3 is 0 Å². The zero-order valence-electron chi connectivity index (χ0n) is 12.9. The van der Waals surface area contributed by atoms with E-state index in [4.69, 9.17) is 17.0 Å². The Morgan fingerprint density at radius 2 is 2.00 bits per heavy atom. The molecule has 0 aromatic heterocycles. The van der Waals surface area contributed by atoms with E-state index in [0.717, 1.165) is 15.7 Å². The predicted molar refractivity (Wildman–Crippen MR) is 100 cm³/mol. The third kappa shape index (κ3) is 4.77. The standard InChI is InChI=1S/C17H17BrN2O2S/c1-3-22-15-9-8-12(10-13(15)18)16(21)20-17(23)19-14-7-5-4-6-11(14)2/h4-10H,3H2,1-2H3,(H2,19,20,21,23). The summed E-state index contributed by atoms with van der Waals surface area (Å²) in [5.74, 6) is 0.421. The number of carbonyl (C=O) groups excluding carboxylic acids is 1. The van der Waals surface area contributed by atoms with Crippen LogP contribution in [0.3, 0.4) is 0 Å². The summed E-state index contributed by atoms with van der Waals surface area (Å²) in [6.45, 7) is 4.44. The molecule has 23 heavy (non-hydrogen) atoms. The molecule has 0 bridgehead atoms. The summed E-state index contributed by atoms with van der Waals surface area (Å²) in [7, 11) is 0. The van der Waals surface area contributed by atoms with E-state index in [-0.39, 0.29) is 11.0 Å². The molecule has 0 aliphatic heterocycles. The lowest BCUT2D eigenvalue weighted by Gasteiger charge is -2.12. The summed E-state index contributed by atoms with van der Waals surface area (Å²) in [6, 6.07) is 12.9. The average molecular weight is 393 g/mol. The second-order valence-corrected chi connectivity index (χ2v) is 6.06. The Kier molecular flexibility index (Phi) is 6.12. The van der Waals surface area contributed by atoms with Crippen molar-refractivity contribution in [3.8, 4) is 5.75 Å². The Morgan fingerprint density at radius 1 is 1.26 bits per heavy atom. The van der Waals surface area contributed by atoms with Crippen molar-refractivity contribution in [3.05, 3.63) is 58.1 Å². The molecule has 0 spiro atoms. The highest BCUT2D eigenvalue weighted by molar-refractivity contribution is 9.10. The van der Waals surface area contributed by atoms with Gasteiger partial charge in [0.25, 0.3) is 5.91 Å². The van der Waals surface area contributed by atoms with Gasteiger partial charge in [-0.3, -0.25) is 10.1 Å². The minimum absolute atomic E-state index is 0.259. The molecule has 120 valence electrons. The van der Waals surface area contributed by atoms with Gasteiger partial charge in [-0.1, -0.05) is 18.2 Å². The second kappa shape index (κ2) is 8.08. The van der Waals surface area contributed by atoms with Crippen LogP contribution >= 0.6 is 28.1 Å². The van der Waals surface area contributed by atoms with Gasteiger partial charge in [0.15, 0.2) is 5.11 Å². The highest BCUT2D eigenvalue weighted by Gasteiger charge is 2.11. The van der Waals surface area contributed by atoms with Gasteiger partial charge in [-0.2, -0.15) is 0 Å². The Morgan fingerprint density at radius 3 is 2.65 bits per heavy atom. The van der Waals surface area contributed by atoms with Crippen molar-refractivity contribution in [2.24, 2.45) is 0 Å². The van der Waals surface area contributed by atoms with Crippen molar-refractivity contribution in [1.82, 2.24) is 5.32 Å². The third-order valence-electron chi connectivity index (χ3n) is 3.11. The molecule has 0 saturated carbocycles. The molecule has 0 atom stereocenters. The van der Waals surface area contributed by atoms with Gasteiger partial charge in [0, 0.05) is 11.3 Å². The van der Waals surface area contributed by atoms with Gasteiger partial charge < -0.3 is 10.1 Å². The van der Waals surface area contributed by atoms with E-state index < -0.39 is 0 Å². The van der Waals surface area contributed by atoms with Crippen molar-refractivity contribution in [1.29, 1.82) is 0 Å². The number of aryl methyl sites for hydroxylation is 1. The normalized spacial score (nSPS) is 10.0. The number of para-hydroxylation sites is 1. The van der Waals surface area contributed by atoms with Crippen LogP contribution in [-0.2, 0) is 0 Å². The first kappa shape index (κ1) is 17.4. The smallest absolute Gasteiger partial charge is 0.257 e. The minimum Gasteiger partial charge on any atom is -0.493 e. The SMILES string of the molecule is CCOc1ccc(C(=O)NC(=S)Nc2ccccc2C)cc1Br. The first-order chi connectivity index (χ1) is 11.0. The molecule has 0 unspecified atom stereocenters. The summed E-state index contributed by atoms with van der Waals surface area (Å²) < 4.78 is 6.15. The Hall–Kier alpha value is -1.92. The quantitative estimate of drug-likeness (QED) is 0.762. The molecule has 2 rings (SSSR count). The van der Waals surface area contributed by atoms with E-state index in [1.165, 1.54) is 0 Å². The zero-order chi connectivity index (χ0) is 16.8. The molecule has 6 heteroatoms. The maximum atomic E-state index is 12.3. The number of hydrogen-bond donors (Lipinski definition) is 2. The summed E-state index contributed by atoms with van der Waals surface area (Å²) in [5, 5.41) is 5.95. The molecule has 0 aliphatic carbocycles. The first-order valence-electron chi connectivity index (χ1n) is 7.11. The van der Waals surface area contributed by atoms with Crippen molar-refractivity contribution in [3.63, 3.8) is 0 Å². The Labute approximate surface area is 149 Å². The number of halogens is 1. The van der Waals surface area contributed by atoms with Gasteiger partial charge in [0.05, 0.1) is 11.1 Å². The first-order valence-corrected chi connectivity index (χ1v) is 8.31. The topological polar surface area (TPSA) is 50.4 Å². The maximum Gasteiger partial charge on any atom is 0.257 e. The highest BCUT2D eigenvalue weighted by Crippen LogP contribution is 2.26. The van der Waals surface area contributed by atoms with Crippen LogP contribution in [0.4, 0.5) is 5.69 Å². The average Bonchev–Trinajstić information content (AvgIpc) is 2.51. The number of benzene rings is 2. The molecule has 2 aromatic rings. The van der Waals surface area contributed by atoms with Crippen LogP contribution in [0.25, 0.3) is 0 Å². The van der Waals surface area contributed by atoms with Crippen molar-refractivity contribution in [2.45, 2.75) is 13.8 Å². The van der Waals surface area contributed by atoms with Crippen LogP contribution in [0.5, 0.6) is 5.75 Å². The fraction of sp³-hybridized carbons (Fsp3) is 0.176. The largest absolute Gasteiger partial charge is 0.493 e. The van der Waals surface area contributed by atoms with E-state index in [1.807, 2.05) is 38.1 Å². The molecule has 0 saturated heterocycles. The molecular weight excluding hydrogens is 376 g/mol. The van der Waals surface area contributed by atoms with E-state index in [1.54, 1.807) is 18.2 Å². The fourth-order valence-electron chi connectivity index (χ4n) is 1.96. The molecule has 0 fully saturated rings. The second-order valence-electron chi connectivity index (χ2n) is 4.80. The number of anilines is 1. The summed E-state index contributed by atoms with van der Waals surface area (Å²) in [4.78, 5) is 12.3. The van der Waals surface area contributed by atoms with Gasteiger partial charge in [0.1, 0.15) is 5.75 Å². The van der Waals surface area contributed by atoms with E-state index in [2.05, 4.69) is 26.6 Å². The van der Waals surface area contributed by atoms with E-state index in [0.29, 0.717) is 17.9 Å². The van der Waals surface area contributed by atoms with Crippen molar-refractivity contribution >= 4 is 44.9 Å². The molecule has 4 nitrogen and oxygen atoms in total. The maximum absolute atomic E-state index is 12.3. The van der Waals surface area contributed by atoms with Crippen molar-refractivity contribution < 1.29 is 9.53 Å². The van der Waals surface area contributed by atoms with Gasteiger partial charge in [-0.05, 0) is 71.8 Å². The molecule has 2 aromatic carbocycles. The zero-order valence-corrected chi connectivity index (χ0v) is 15.3.